The lowest BCUT2D eigenvalue weighted by Gasteiger charge is -2.14. The van der Waals surface area contributed by atoms with Crippen LogP contribution >= 0.6 is 23.4 Å². The molecule has 1 aromatic heterocycles. The van der Waals surface area contributed by atoms with Gasteiger partial charge in [-0.3, -0.25) is 4.68 Å². The van der Waals surface area contributed by atoms with Crippen molar-refractivity contribution in [3.63, 3.8) is 0 Å². The Bertz CT molecular complexity index is 512. The normalized spacial score (nSPS) is 12.6. The van der Waals surface area contributed by atoms with Crippen LogP contribution in [0.5, 0.6) is 0 Å². The van der Waals surface area contributed by atoms with Crippen LogP contribution in [0.15, 0.2) is 35.4 Å². The molecule has 1 heterocycles. The maximum atomic E-state index is 5.87. The number of aromatic nitrogens is 3. The van der Waals surface area contributed by atoms with Crippen LogP contribution in [-0.4, -0.2) is 33.8 Å². The largest absolute Gasteiger partial charge is 0.316 e. The van der Waals surface area contributed by atoms with Crippen molar-refractivity contribution >= 4 is 23.4 Å². The molecule has 0 aliphatic heterocycles. The monoisotopic (exact) mass is 296 g/mol. The fraction of sp³-hybridized carbons (Fsp3) is 0.385. The maximum Gasteiger partial charge on any atom is 0.0842 e. The van der Waals surface area contributed by atoms with Gasteiger partial charge in [0, 0.05) is 41.4 Å². The molecule has 1 atom stereocenters. The zero-order valence-corrected chi connectivity index (χ0v) is 12.6. The molecule has 0 radical (unpaired) electrons. The zero-order chi connectivity index (χ0) is 13.7. The summed E-state index contributed by atoms with van der Waals surface area (Å²) in [5.74, 6) is 0.981. The number of rotatable bonds is 6. The number of thioether (sulfide) groups is 1. The van der Waals surface area contributed by atoms with E-state index in [2.05, 4.69) is 15.6 Å². The average molecular weight is 297 g/mol. The van der Waals surface area contributed by atoms with Crippen LogP contribution < -0.4 is 5.32 Å². The third-order valence-electron chi connectivity index (χ3n) is 2.78. The minimum atomic E-state index is 0.373. The summed E-state index contributed by atoms with van der Waals surface area (Å²) in [5, 5.41) is 12.2. The van der Waals surface area contributed by atoms with E-state index in [-0.39, 0.29) is 0 Å². The Balaban J connectivity index is 1.87. The molecule has 102 valence electrons. The Morgan fingerprint density at radius 3 is 2.68 bits per heavy atom. The first kappa shape index (κ1) is 14.4. The van der Waals surface area contributed by atoms with Crippen molar-refractivity contribution in [3.8, 4) is 0 Å². The van der Waals surface area contributed by atoms with Crippen molar-refractivity contribution in [2.75, 3.05) is 12.8 Å². The zero-order valence-electron chi connectivity index (χ0n) is 11.0. The van der Waals surface area contributed by atoms with E-state index in [4.69, 9.17) is 11.6 Å². The third-order valence-corrected chi connectivity index (χ3v) is 4.21. The number of halogens is 1. The number of nitrogens with zero attached hydrogens (tertiary/aromatic N) is 3. The first-order chi connectivity index (χ1) is 9.17. The SMILES string of the molecule is CNC(CSc1ccc(Cl)cc1)Cc1cn(C)nn1. The summed E-state index contributed by atoms with van der Waals surface area (Å²) < 4.78 is 1.73. The number of hydrogen-bond donors (Lipinski definition) is 1. The molecule has 0 aliphatic rings. The molecule has 6 heteroatoms. The molecule has 0 amide bonds. The van der Waals surface area contributed by atoms with Gasteiger partial charge in [0.1, 0.15) is 0 Å². The van der Waals surface area contributed by atoms with E-state index in [0.717, 1.165) is 22.9 Å². The maximum absolute atomic E-state index is 5.87. The van der Waals surface area contributed by atoms with Crippen LogP contribution in [0.1, 0.15) is 5.69 Å². The van der Waals surface area contributed by atoms with E-state index in [1.807, 2.05) is 56.3 Å². The molecule has 1 N–H and O–H groups in total. The standard InChI is InChI=1S/C13H17ClN4S/c1-15-12(7-11-8-18(2)17-16-11)9-19-13-5-3-10(14)4-6-13/h3-6,8,12,15H,7,9H2,1-2H3. The summed E-state index contributed by atoms with van der Waals surface area (Å²) in [6.07, 6.45) is 2.84. The van der Waals surface area contributed by atoms with Crippen molar-refractivity contribution in [2.24, 2.45) is 7.05 Å². The fourth-order valence-electron chi connectivity index (χ4n) is 1.71. The molecule has 1 aromatic carbocycles. The lowest BCUT2D eigenvalue weighted by molar-refractivity contribution is 0.607. The van der Waals surface area contributed by atoms with E-state index in [1.54, 1.807) is 4.68 Å². The number of nitrogens with one attached hydrogen (secondary N) is 1. The van der Waals surface area contributed by atoms with Gasteiger partial charge in [-0.15, -0.1) is 16.9 Å². The predicted molar refractivity (Wildman–Crippen MR) is 79.7 cm³/mol. The van der Waals surface area contributed by atoms with Crippen molar-refractivity contribution < 1.29 is 0 Å². The number of benzene rings is 1. The highest BCUT2D eigenvalue weighted by atomic mass is 35.5. The van der Waals surface area contributed by atoms with E-state index >= 15 is 0 Å². The first-order valence-electron chi connectivity index (χ1n) is 6.08. The van der Waals surface area contributed by atoms with Gasteiger partial charge in [0.25, 0.3) is 0 Å². The molecular weight excluding hydrogens is 280 g/mol. The number of likely N-dealkylation sites (N-methyl/N-ethyl adjacent to an activating group) is 1. The Hall–Kier alpha value is -1.04. The van der Waals surface area contributed by atoms with Gasteiger partial charge in [-0.05, 0) is 31.3 Å². The highest BCUT2D eigenvalue weighted by molar-refractivity contribution is 7.99. The molecule has 0 fully saturated rings. The predicted octanol–water partition coefficient (Wildman–Crippen LogP) is 2.39. The number of aryl methyl sites for hydroxylation is 1. The van der Waals surface area contributed by atoms with Gasteiger partial charge in [-0.2, -0.15) is 0 Å². The van der Waals surface area contributed by atoms with Gasteiger partial charge in [0.2, 0.25) is 0 Å². The molecule has 0 saturated carbocycles. The lowest BCUT2D eigenvalue weighted by Crippen LogP contribution is -2.30. The molecule has 1 unspecified atom stereocenters. The molecule has 2 rings (SSSR count). The lowest BCUT2D eigenvalue weighted by atomic mass is 10.2. The number of hydrogen-bond acceptors (Lipinski definition) is 4. The van der Waals surface area contributed by atoms with Gasteiger partial charge in [0.15, 0.2) is 0 Å². The second-order valence-electron chi connectivity index (χ2n) is 4.34. The van der Waals surface area contributed by atoms with E-state index in [9.17, 15) is 0 Å². The highest BCUT2D eigenvalue weighted by Gasteiger charge is 2.10. The Morgan fingerprint density at radius 2 is 2.11 bits per heavy atom. The van der Waals surface area contributed by atoms with Gasteiger partial charge < -0.3 is 5.32 Å². The van der Waals surface area contributed by atoms with E-state index in [0.29, 0.717) is 6.04 Å². The Kier molecular flexibility index (Phi) is 5.24. The summed E-state index contributed by atoms with van der Waals surface area (Å²) in [4.78, 5) is 1.23. The topological polar surface area (TPSA) is 42.7 Å². The fourth-order valence-corrected chi connectivity index (χ4v) is 2.85. The van der Waals surface area contributed by atoms with Crippen LogP contribution in [-0.2, 0) is 13.5 Å². The van der Waals surface area contributed by atoms with Crippen molar-refractivity contribution in [2.45, 2.75) is 17.4 Å². The smallest absolute Gasteiger partial charge is 0.0842 e. The van der Waals surface area contributed by atoms with Crippen molar-refractivity contribution in [1.29, 1.82) is 0 Å². The molecule has 2 aromatic rings. The van der Waals surface area contributed by atoms with E-state index in [1.165, 1.54) is 4.90 Å². The van der Waals surface area contributed by atoms with Gasteiger partial charge >= 0.3 is 0 Å². The molecule has 4 nitrogen and oxygen atoms in total. The second-order valence-corrected chi connectivity index (χ2v) is 5.87. The molecule has 0 saturated heterocycles. The summed E-state index contributed by atoms with van der Waals surface area (Å²) in [6, 6.07) is 8.30. The second kappa shape index (κ2) is 6.93. The quantitative estimate of drug-likeness (QED) is 0.831. The third kappa shape index (κ3) is 4.53. The highest BCUT2D eigenvalue weighted by Crippen LogP contribution is 2.21. The van der Waals surface area contributed by atoms with Gasteiger partial charge in [0.05, 0.1) is 5.69 Å². The molecule has 19 heavy (non-hydrogen) atoms. The molecule has 0 aliphatic carbocycles. The minimum Gasteiger partial charge on any atom is -0.316 e. The summed E-state index contributed by atoms with van der Waals surface area (Å²) in [5.41, 5.74) is 1.01. The minimum absolute atomic E-state index is 0.373. The van der Waals surface area contributed by atoms with Crippen LogP contribution in [0.3, 0.4) is 0 Å². The molecular formula is C13H17ClN4S. The van der Waals surface area contributed by atoms with Crippen molar-refractivity contribution in [3.05, 3.63) is 41.2 Å². The van der Waals surface area contributed by atoms with Crippen LogP contribution in [0, 0.1) is 0 Å². The van der Waals surface area contributed by atoms with Crippen LogP contribution in [0.2, 0.25) is 5.02 Å². The first-order valence-corrected chi connectivity index (χ1v) is 7.44. The van der Waals surface area contributed by atoms with E-state index < -0.39 is 0 Å². The van der Waals surface area contributed by atoms with Crippen LogP contribution in [0.4, 0.5) is 0 Å². The average Bonchev–Trinajstić information content (AvgIpc) is 2.82. The summed E-state index contributed by atoms with van der Waals surface area (Å²) in [6.45, 7) is 0. The van der Waals surface area contributed by atoms with Crippen LogP contribution in [0.25, 0.3) is 0 Å². The Morgan fingerprint density at radius 1 is 1.37 bits per heavy atom. The van der Waals surface area contributed by atoms with Gasteiger partial charge in [-0.1, -0.05) is 16.8 Å². The van der Waals surface area contributed by atoms with Crippen molar-refractivity contribution in [1.82, 2.24) is 20.3 Å². The summed E-state index contributed by atoms with van der Waals surface area (Å²) >= 11 is 7.68. The molecule has 0 spiro atoms. The molecule has 0 bridgehead atoms. The summed E-state index contributed by atoms with van der Waals surface area (Å²) in [7, 11) is 3.86. The Labute approximate surface area is 122 Å². The van der Waals surface area contributed by atoms with Gasteiger partial charge in [-0.25, -0.2) is 0 Å².